The zero-order chi connectivity index (χ0) is 32.9. The standard InChI is InChI=1S/C35H67N2O6P/c1-6-8-10-12-14-16-17-18-19-21-23-25-27-29-35(39)36-33(32-43-44(40,41)42-31-30-37(3,4)5)34(38)28-26-24-22-20-15-13-11-9-7-2/h18-19,23,25-26,28,33-34,38H,6-17,20-22,24,27,29-32H2,1-5H3,(H-,36,39,40,41)/p+1/b19-18-,25-23-,28-26+. The van der Waals surface area contributed by atoms with Crippen LogP contribution in [-0.2, 0) is 18.4 Å². The minimum atomic E-state index is -4.33. The average Bonchev–Trinajstić information content (AvgIpc) is 2.95. The first-order chi connectivity index (χ1) is 21.0. The molecule has 3 atom stereocenters. The van der Waals surface area contributed by atoms with Crippen molar-refractivity contribution in [1.82, 2.24) is 5.32 Å². The van der Waals surface area contributed by atoms with Crippen LogP contribution in [0.2, 0.25) is 0 Å². The van der Waals surface area contributed by atoms with E-state index >= 15 is 0 Å². The molecule has 0 aromatic heterocycles. The maximum Gasteiger partial charge on any atom is 0.472 e. The molecule has 0 rings (SSSR count). The second-order valence-corrected chi connectivity index (χ2v) is 14.3. The SMILES string of the molecule is CCCCCCCC/C=C\C/C=C\CCC(=O)NC(COP(=O)(O)OCC[N+](C)(C)C)C(O)/C=C/CCCCCCCCC. The summed E-state index contributed by atoms with van der Waals surface area (Å²) in [5, 5.41) is 13.6. The maximum absolute atomic E-state index is 12.7. The van der Waals surface area contributed by atoms with Crippen molar-refractivity contribution in [3.8, 4) is 0 Å². The number of nitrogens with one attached hydrogen (secondary N) is 1. The van der Waals surface area contributed by atoms with Crippen LogP contribution in [0.1, 0.15) is 129 Å². The highest BCUT2D eigenvalue weighted by atomic mass is 31.2. The van der Waals surface area contributed by atoms with E-state index in [9.17, 15) is 19.4 Å². The monoisotopic (exact) mass is 643 g/mol. The number of hydrogen-bond acceptors (Lipinski definition) is 5. The van der Waals surface area contributed by atoms with Gasteiger partial charge in [0, 0.05) is 6.42 Å². The molecular weight excluding hydrogens is 575 g/mol. The van der Waals surface area contributed by atoms with Crippen molar-refractivity contribution >= 4 is 13.7 Å². The second-order valence-electron chi connectivity index (χ2n) is 12.9. The van der Waals surface area contributed by atoms with Gasteiger partial charge in [-0.1, -0.05) is 121 Å². The van der Waals surface area contributed by atoms with Crippen molar-refractivity contribution in [1.29, 1.82) is 0 Å². The molecule has 44 heavy (non-hydrogen) atoms. The van der Waals surface area contributed by atoms with Crippen LogP contribution >= 0.6 is 7.82 Å². The van der Waals surface area contributed by atoms with E-state index in [1.807, 2.05) is 33.3 Å². The largest absolute Gasteiger partial charge is 0.472 e. The highest BCUT2D eigenvalue weighted by Crippen LogP contribution is 2.43. The first-order valence-electron chi connectivity index (χ1n) is 17.4. The number of nitrogens with zero attached hydrogens (tertiary/aromatic N) is 1. The van der Waals surface area contributed by atoms with Gasteiger partial charge in [0.25, 0.3) is 0 Å². The van der Waals surface area contributed by atoms with Crippen molar-refractivity contribution in [2.45, 2.75) is 142 Å². The minimum absolute atomic E-state index is 0.0514. The quantitative estimate of drug-likeness (QED) is 0.0314. The molecule has 0 radical (unpaired) electrons. The highest BCUT2D eigenvalue weighted by molar-refractivity contribution is 7.47. The number of phosphoric acid groups is 1. The van der Waals surface area contributed by atoms with Gasteiger partial charge in [-0.25, -0.2) is 4.57 Å². The zero-order valence-electron chi connectivity index (χ0n) is 28.9. The fourth-order valence-electron chi connectivity index (χ4n) is 4.50. The lowest BCUT2D eigenvalue weighted by atomic mass is 10.1. The molecule has 0 fully saturated rings. The molecule has 0 saturated heterocycles. The molecule has 0 spiro atoms. The second kappa shape index (κ2) is 28.0. The molecule has 0 aliphatic carbocycles. The number of quaternary nitrogens is 1. The first-order valence-corrected chi connectivity index (χ1v) is 18.9. The molecule has 258 valence electrons. The van der Waals surface area contributed by atoms with Gasteiger partial charge in [0.2, 0.25) is 5.91 Å². The normalized spacial score (nSPS) is 15.3. The zero-order valence-corrected chi connectivity index (χ0v) is 29.8. The minimum Gasteiger partial charge on any atom is -0.387 e. The van der Waals surface area contributed by atoms with Gasteiger partial charge in [0.05, 0.1) is 39.9 Å². The lowest BCUT2D eigenvalue weighted by Crippen LogP contribution is -2.45. The summed E-state index contributed by atoms with van der Waals surface area (Å²) < 4.78 is 23.3. The summed E-state index contributed by atoms with van der Waals surface area (Å²) >= 11 is 0. The van der Waals surface area contributed by atoms with Crippen molar-refractivity contribution in [3.63, 3.8) is 0 Å². The van der Waals surface area contributed by atoms with Gasteiger partial charge in [-0.2, -0.15) is 0 Å². The Hall–Kier alpha value is -1.28. The predicted molar refractivity (Wildman–Crippen MR) is 184 cm³/mol. The number of hydrogen-bond donors (Lipinski definition) is 3. The number of aliphatic hydroxyl groups excluding tert-OH is 1. The molecule has 0 bridgehead atoms. The lowest BCUT2D eigenvalue weighted by molar-refractivity contribution is -0.870. The molecule has 3 unspecified atom stereocenters. The summed E-state index contributed by atoms with van der Waals surface area (Å²) in [6.07, 6.45) is 30.8. The molecule has 0 saturated carbocycles. The van der Waals surface area contributed by atoms with E-state index in [0.29, 0.717) is 17.4 Å². The number of aliphatic hydroxyl groups is 1. The Labute approximate surface area is 270 Å². The number of rotatable bonds is 30. The molecule has 9 heteroatoms. The van der Waals surface area contributed by atoms with Gasteiger partial charge in [-0.05, 0) is 38.5 Å². The van der Waals surface area contributed by atoms with Crippen molar-refractivity contribution in [2.75, 3.05) is 40.9 Å². The summed E-state index contributed by atoms with van der Waals surface area (Å²) in [6.45, 7) is 4.69. The van der Waals surface area contributed by atoms with Crippen LogP contribution in [0.3, 0.4) is 0 Å². The van der Waals surface area contributed by atoms with Gasteiger partial charge in [0.15, 0.2) is 0 Å². The number of unbranched alkanes of at least 4 members (excludes halogenated alkanes) is 13. The molecule has 0 aliphatic rings. The summed E-state index contributed by atoms with van der Waals surface area (Å²) in [5.41, 5.74) is 0. The van der Waals surface area contributed by atoms with E-state index < -0.39 is 20.0 Å². The Balaban J connectivity index is 4.69. The predicted octanol–water partition coefficient (Wildman–Crippen LogP) is 8.40. The number of allylic oxidation sites excluding steroid dienone is 5. The summed E-state index contributed by atoms with van der Waals surface area (Å²) in [6, 6.07) is -0.871. The van der Waals surface area contributed by atoms with Gasteiger partial charge in [-0.15, -0.1) is 0 Å². The molecule has 8 nitrogen and oxygen atoms in total. The van der Waals surface area contributed by atoms with E-state index in [2.05, 4.69) is 37.4 Å². The molecule has 0 aliphatic heterocycles. The third-order valence-corrected chi connectivity index (χ3v) is 8.35. The molecule has 3 N–H and O–H groups in total. The topological polar surface area (TPSA) is 105 Å². The number of amides is 1. The fraction of sp³-hybridized carbons (Fsp3) is 0.800. The highest BCUT2D eigenvalue weighted by Gasteiger charge is 2.27. The van der Waals surface area contributed by atoms with Crippen molar-refractivity contribution in [3.05, 3.63) is 36.5 Å². The van der Waals surface area contributed by atoms with E-state index in [0.717, 1.165) is 32.1 Å². The third-order valence-electron chi connectivity index (χ3n) is 7.37. The number of carbonyl (C=O) groups is 1. The average molecular weight is 644 g/mol. The smallest absolute Gasteiger partial charge is 0.387 e. The van der Waals surface area contributed by atoms with Crippen LogP contribution in [0.5, 0.6) is 0 Å². The Morgan fingerprint density at radius 2 is 1.30 bits per heavy atom. The van der Waals surface area contributed by atoms with Crippen LogP contribution in [0, 0.1) is 0 Å². The first kappa shape index (κ1) is 42.7. The Bertz CT molecular complexity index is 825. The Morgan fingerprint density at radius 3 is 1.86 bits per heavy atom. The molecular formula is C35H68N2O6P+. The molecule has 0 aromatic rings. The molecule has 0 heterocycles. The van der Waals surface area contributed by atoms with E-state index in [1.165, 1.54) is 70.6 Å². The lowest BCUT2D eigenvalue weighted by Gasteiger charge is -2.25. The van der Waals surface area contributed by atoms with Crippen LogP contribution < -0.4 is 5.32 Å². The molecule has 0 aromatic carbocycles. The fourth-order valence-corrected chi connectivity index (χ4v) is 5.24. The maximum atomic E-state index is 12.7. The number of phosphoric ester groups is 1. The van der Waals surface area contributed by atoms with Gasteiger partial charge in [0.1, 0.15) is 13.2 Å². The molecule has 1 amide bonds. The van der Waals surface area contributed by atoms with Gasteiger partial charge < -0.3 is 19.8 Å². The third kappa shape index (κ3) is 29.4. The van der Waals surface area contributed by atoms with Crippen molar-refractivity contribution in [2.24, 2.45) is 0 Å². The number of likely N-dealkylation sites (N-methyl/N-ethyl adjacent to an activating group) is 1. The Morgan fingerprint density at radius 1 is 0.773 bits per heavy atom. The summed E-state index contributed by atoms with van der Waals surface area (Å²) in [5.74, 6) is -0.250. The van der Waals surface area contributed by atoms with Crippen LogP contribution in [-0.4, -0.2) is 73.4 Å². The van der Waals surface area contributed by atoms with Crippen molar-refractivity contribution < 1.29 is 32.9 Å². The van der Waals surface area contributed by atoms with Gasteiger partial charge in [-0.3, -0.25) is 13.8 Å². The summed E-state index contributed by atoms with van der Waals surface area (Å²) in [4.78, 5) is 22.8. The van der Waals surface area contributed by atoms with Crippen LogP contribution in [0.15, 0.2) is 36.5 Å². The van der Waals surface area contributed by atoms with E-state index in [1.54, 1.807) is 6.08 Å². The van der Waals surface area contributed by atoms with E-state index in [-0.39, 0.29) is 25.5 Å². The van der Waals surface area contributed by atoms with Gasteiger partial charge >= 0.3 is 7.82 Å². The Kier molecular flexibility index (Phi) is 27.2. The van der Waals surface area contributed by atoms with E-state index in [4.69, 9.17) is 9.05 Å². The number of carbonyl (C=O) groups excluding carboxylic acids is 1. The van der Waals surface area contributed by atoms with Crippen LogP contribution in [0.4, 0.5) is 0 Å². The summed E-state index contributed by atoms with van der Waals surface area (Å²) in [7, 11) is 1.53. The van der Waals surface area contributed by atoms with Crippen LogP contribution in [0.25, 0.3) is 0 Å².